The van der Waals surface area contributed by atoms with Gasteiger partial charge in [-0.25, -0.2) is 4.39 Å². The molecule has 0 fully saturated rings. The SMILES string of the molecule is C=C/C=C(Oc1cccc(OC)c1OC)\C(F)=C/CNC(=O)CNC. The number of carbonyl (C=O) groups excluding carboxylic acids is 1. The zero-order valence-electron chi connectivity index (χ0n) is 14.6. The maximum absolute atomic E-state index is 14.4. The van der Waals surface area contributed by atoms with Crippen molar-refractivity contribution in [2.24, 2.45) is 0 Å². The molecule has 0 heterocycles. The first-order valence-corrected chi connectivity index (χ1v) is 7.56. The third-order valence-electron chi connectivity index (χ3n) is 3.01. The Bertz CT molecular complexity index is 656. The lowest BCUT2D eigenvalue weighted by atomic mass is 10.3. The Kier molecular flexibility index (Phi) is 8.81. The molecule has 136 valence electrons. The van der Waals surface area contributed by atoms with E-state index >= 15 is 0 Å². The number of halogens is 1. The van der Waals surface area contributed by atoms with Crippen LogP contribution in [0.2, 0.25) is 0 Å². The first-order valence-electron chi connectivity index (χ1n) is 7.56. The van der Waals surface area contributed by atoms with Crippen LogP contribution in [-0.4, -0.2) is 40.3 Å². The minimum absolute atomic E-state index is 0.0272. The number of nitrogens with one attached hydrogen (secondary N) is 2. The van der Waals surface area contributed by atoms with Crippen molar-refractivity contribution in [3.05, 3.63) is 54.6 Å². The summed E-state index contributed by atoms with van der Waals surface area (Å²) in [6.45, 7) is 3.73. The van der Waals surface area contributed by atoms with Gasteiger partial charge in [-0.2, -0.15) is 0 Å². The van der Waals surface area contributed by atoms with E-state index in [0.717, 1.165) is 0 Å². The summed E-state index contributed by atoms with van der Waals surface area (Å²) in [5.74, 6) is 0.143. The average molecular weight is 350 g/mol. The van der Waals surface area contributed by atoms with Gasteiger partial charge in [0.1, 0.15) is 0 Å². The lowest BCUT2D eigenvalue weighted by Crippen LogP contribution is -2.32. The van der Waals surface area contributed by atoms with E-state index in [4.69, 9.17) is 14.2 Å². The Morgan fingerprint density at radius 1 is 1.28 bits per heavy atom. The maximum atomic E-state index is 14.4. The van der Waals surface area contributed by atoms with Gasteiger partial charge in [0.25, 0.3) is 0 Å². The van der Waals surface area contributed by atoms with Gasteiger partial charge in [-0.3, -0.25) is 4.79 Å². The number of methoxy groups -OCH3 is 2. The van der Waals surface area contributed by atoms with Crippen molar-refractivity contribution in [1.29, 1.82) is 0 Å². The largest absolute Gasteiger partial charge is 0.493 e. The van der Waals surface area contributed by atoms with Crippen molar-refractivity contribution in [2.75, 3.05) is 34.4 Å². The average Bonchev–Trinajstić information content (AvgIpc) is 2.61. The molecule has 0 aliphatic rings. The fourth-order valence-corrected chi connectivity index (χ4v) is 1.90. The molecule has 7 heteroatoms. The number of hydrogen-bond acceptors (Lipinski definition) is 5. The molecule has 1 aromatic rings. The second-order valence-electron chi connectivity index (χ2n) is 4.75. The van der Waals surface area contributed by atoms with E-state index in [0.29, 0.717) is 11.5 Å². The van der Waals surface area contributed by atoms with Gasteiger partial charge in [0, 0.05) is 6.54 Å². The van der Waals surface area contributed by atoms with Crippen molar-refractivity contribution in [1.82, 2.24) is 10.6 Å². The monoisotopic (exact) mass is 350 g/mol. The molecular weight excluding hydrogens is 327 g/mol. The van der Waals surface area contributed by atoms with Crippen LogP contribution in [0.1, 0.15) is 0 Å². The van der Waals surface area contributed by atoms with E-state index in [9.17, 15) is 9.18 Å². The summed E-state index contributed by atoms with van der Waals surface area (Å²) < 4.78 is 30.4. The van der Waals surface area contributed by atoms with Gasteiger partial charge in [0.2, 0.25) is 11.7 Å². The zero-order chi connectivity index (χ0) is 18.7. The van der Waals surface area contributed by atoms with E-state index < -0.39 is 5.83 Å². The summed E-state index contributed by atoms with van der Waals surface area (Å²) in [6.07, 6.45) is 3.98. The molecule has 1 aromatic carbocycles. The normalized spacial score (nSPS) is 11.7. The van der Waals surface area contributed by atoms with Crippen LogP contribution in [0, 0.1) is 0 Å². The number of rotatable bonds is 10. The van der Waals surface area contributed by atoms with E-state index in [1.807, 2.05) is 0 Å². The molecule has 0 atom stereocenters. The highest BCUT2D eigenvalue weighted by Gasteiger charge is 2.14. The minimum atomic E-state index is -0.644. The molecule has 0 saturated carbocycles. The summed E-state index contributed by atoms with van der Waals surface area (Å²) in [6, 6.07) is 5.02. The second kappa shape index (κ2) is 10.9. The molecule has 0 aliphatic carbocycles. The van der Waals surface area contributed by atoms with Crippen LogP contribution in [0.4, 0.5) is 4.39 Å². The quantitative estimate of drug-likeness (QED) is 0.501. The number of likely N-dealkylation sites (N-methyl/N-ethyl adjacent to an activating group) is 1. The van der Waals surface area contributed by atoms with Gasteiger partial charge < -0.3 is 24.8 Å². The van der Waals surface area contributed by atoms with Crippen LogP contribution >= 0.6 is 0 Å². The molecule has 25 heavy (non-hydrogen) atoms. The highest BCUT2D eigenvalue weighted by molar-refractivity contribution is 5.78. The molecule has 0 saturated heterocycles. The Morgan fingerprint density at radius 2 is 2.00 bits per heavy atom. The van der Waals surface area contributed by atoms with Gasteiger partial charge in [-0.15, -0.1) is 0 Å². The molecule has 0 aliphatic heterocycles. The van der Waals surface area contributed by atoms with Crippen LogP contribution in [0.15, 0.2) is 54.6 Å². The van der Waals surface area contributed by atoms with Crippen molar-refractivity contribution >= 4 is 5.91 Å². The van der Waals surface area contributed by atoms with Crippen LogP contribution in [-0.2, 0) is 4.79 Å². The maximum Gasteiger partial charge on any atom is 0.234 e. The standard InChI is InChI=1S/C18H23FN2O4/c1-5-7-14(13(19)10-11-21-17(22)12-20-2)25-16-9-6-8-15(23-3)18(16)24-4/h5-10,20H,1,11-12H2,2-4H3,(H,21,22)/b13-10+,14-7+. The smallest absolute Gasteiger partial charge is 0.234 e. The van der Waals surface area contributed by atoms with Crippen LogP contribution in [0.25, 0.3) is 0 Å². The van der Waals surface area contributed by atoms with Crippen molar-refractivity contribution in [3.63, 3.8) is 0 Å². The van der Waals surface area contributed by atoms with E-state index in [1.54, 1.807) is 25.2 Å². The van der Waals surface area contributed by atoms with Crippen molar-refractivity contribution in [3.8, 4) is 17.2 Å². The fraction of sp³-hybridized carbons (Fsp3) is 0.278. The number of ether oxygens (including phenoxy) is 3. The Morgan fingerprint density at radius 3 is 2.60 bits per heavy atom. The molecule has 0 aromatic heterocycles. The van der Waals surface area contributed by atoms with Crippen LogP contribution < -0.4 is 24.8 Å². The number of amides is 1. The molecule has 0 spiro atoms. The lowest BCUT2D eigenvalue weighted by molar-refractivity contribution is -0.119. The molecule has 0 unspecified atom stereocenters. The first-order chi connectivity index (χ1) is 12.1. The predicted molar refractivity (Wildman–Crippen MR) is 94.6 cm³/mol. The van der Waals surface area contributed by atoms with Gasteiger partial charge in [0.15, 0.2) is 23.1 Å². The van der Waals surface area contributed by atoms with Gasteiger partial charge in [-0.1, -0.05) is 18.7 Å². The summed E-state index contributed by atoms with van der Waals surface area (Å²) >= 11 is 0. The van der Waals surface area contributed by atoms with Crippen LogP contribution in [0.3, 0.4) is 0 Å². The number of para-hydroxylation sites is 1. The second-order valence-corrected chi connectivity index (χ2v) is 4.75. The van der Waals surface area contributed by atoms with E-state index in [2.05, 4.69) is 17.2 Å². The topological polar surface area (TPSA) is 68.8 Å². The molecule has 2 N–H and O–H groups in total. The molecule has 0 bridgehead atoms. The van der Waals surface area contributed by atoms with Crippen molar-refractivity contribution in [2.45, 2.75) is 0 Å². The van der Waals surface area contributed by atoms with Crippen LogP contribution in [0.5, 0.6) is 17.2 Å². The molecular formula is C18H23FN2O4. The third kappa shape index (κ3) is 6.31. The molecule has 1 amide bonds. The zero-order valence-corrected chi connectivity index (χ0v) is 14.6. The van der Waals surface area contributed by atoms with Gasteiger partial charge >= 0.3 is 0 Å². The predicted octanol–water partition coefficient (Wildman–Crippen LogP) is 2.34. The highest BCUT2D eigenvalue weighted by Crippen LogP contribution is 2.38. The number of hydrogen-bond donors (Lipinski definition) is 2. The summed E-state index contributed by atoms with van der Waals surface area (Å²) in [5.41, 5.74) is 0. The number of allylic oxidation sites excluding steroid dienone is 3. The third-order valence-corrected chi connectivity index (χ3v) is 3.01. The summed E-state index contributed by atoms with van der Waals surface area (Å²) in [4.78, 5) is 11.3. The summed E-state index contributed by atoms with van der Waals surface area (Å²) in [7, 11) is 4.61. The fourth-order valence-electron chi connectivity index (χ4n) is 1.90. The van der Waals surface area contributed by atoms with Gasteiger partial charge in [0.05, 0.1) is 20.8 Å². The Hall–Kier alpha value is -2.80. The van der Waals surface area contributed by atoms with E-state index in [1.165, 1.54) is 32.4 Å². The first kappa shape index (κ1) is 20.2. The Labute approximate surface area is 147 Å². The minimum Gasteiger partial charge on any atom is -0.493 e. The lowest BCUT2D eigenvalue weighted by Gasteiger charge is -2.14. The van der Waals surface area contributed by atoms with Gasteiger partial charge in [-0.05, 0) is 31.3 Å². The summed E-state index contributed by atoms with van der Waals surface area (Å²) in [5, 5.41) is 5.25. The highest BCUT2D eigenvalue weighted by atomic mass is 19.1. The number of carbonyl (C=O) groups is 1. The molecule has 6 nitrogen and oxygen atoms in total. The molecule has 1 rings (SSSR count). The number of benzene rings is 1. The van der Waals surface area contributed by atoms with E-state index in [-0.39, 0.29) is 30.5 Å². The Balaban J connectivity index is 2.93. The van der Waals surface area contributed by atoms with Crippen molar-refractivity contribution < 1.29 is 23.4 Å². The molecule has 0 radical (unpaired) electrons.